The van der Waals surface area contributed by atoms with Gasteiger partial charge in [-0.2, -0.15) is 5.10 Å². The van der Waals surface area contributed by atoms with E-state index >= 15 is 0 Å². The lowest BCUT2D eigenvalue weighted by atomic mass is 9.94. The minimum Gasteiger partial charge on any atom is -0.480 e. The number of hydrogen-bond acceptors (Lipinski definition) is 6. The maximum atomic E-state index is 13.0. The fourth-order valence-electron chi connectivity index (χ4n) is 3.67. The predicted molar refractivity (Wildman–Crippen MR) is 116 cm³/mol. The van der Waals surface area contributed by atoms with Gasteiger partial charge >= 0.3 is 5.97 Å². The van der Waals surface area contributed by atoms with Crippen LogP contribution in [-0.4, -0.2) is 34.3 Å². The second-order valence-corrected chi connectivity index (χ2v) is 9.66. The fraction of sp³-hybridized carbons (Fsp3) is 0.286. The van der Waals surface area contributed by atoms with Crippen LogP contribution in [0.2, 0.25) is 5.02 Å². The molecule has 2 N–H and O–H groups in total. The van der Waals surface area contributed by atoms with Gasteiger partial charge in [0.05, 0.1) is 18.4 Å². The molecule has 0 spiro atoms. The number of hydrogen-bond donors (Lipinski definition) is 2. The Bertz CT molecular complexity index is 1260. The molecule has 1 aliphatic rings. The van der Waals surface area contributed by atoms with Gasteiger partial charge in [0.1, 0.15) is 17.2 Å². The third kappa shape index (κ3) is 4.77. The molecule has 11 heteroatoms. The zero-order valence-corrected chi connectivity index (χ0v) is 18.7. The van der Waals surface area contributed by atoms with Crippen molar-refractivity contribution in [3.05, 3.63) is 64.6 Å². The molecule has 1 unspecified atom stereocenters. The van der Waals surface area contributed by atoms with Crippen molar-refractivity contribution in [1.82, 2.24) is 19.5 Å². The molecule has 0 amide bonds. The van der Waals surface area contributed by atoms with Crippen LogP contribution in [0, 0.1) is 6.92 Å². The molecule has 3 aromatic rings. The summed E-state index contributed by atoms with van der Waals surface area (Å²) in [4.78, 5) is 15.2. The van der Waals surface area contributed by atoms with Gasteiger partial charge < -0.3 is 9.84 Å². The summed E-state index contributed by atoms with van der Waals surface area (Å²) in [7, 11) is -3.87. The molecule has 0 saturated carbocycles. The molecular weight excluding hydrogens is 456 g/mol. The first kappa shape index (κ1) is 22.3. The predicted octanol–water partition coefficient (Wildman–Crippen LogP) is 3.47. The summed E-state index contributed by atoms with van der Waals surface area (Å²) in [5.41, 5.74) is 2.00. The number of carbonyl (C=O) groups is 1. The Morgan fingerprint density at radius 2 is 2.06 bits per heavy atom. The number of aromatic nitrogens is 3. The summed E-state index contributed by atoms with van der Waals surface area (Å²) in [6.45, 7) is 1.46. The number of benzene rings is 1. The molecular formula is C21H21ClN4O5S. The third-order valence-corrected chi connectivity index (χ3v) is 6.88. The van der Waals surface area contributed by atoms with Gasteiger partial charge in [0.2, 0.25) is 15.9 Å². The second-order valence-electron chi connectivity index (χ2n) is 7.51. The third-order valence-electron chi connectivity index (χ3n) is 5.19. The summed E-state index contributed by atoms with van der Waals surface area (Å²) < 4.78 is 35.9. The monoisotopic (exact) mass is 476 g/mol. The molecule has 0 radical (unpaired) electrons. The summed E-state index contributed by atoms with van der Waals surface area (Å²) >= 11 is 5.88. The summed E-state index contributed by atoms with van der Waals surface area (Å²) in [6, 6.07) is 7.77. The Balaban J connectivity index is 1.53. The number of sulfonamides is 1. The lowest BCUT2D eigenvalue weighted by Gasteiger charge is -2.24. The molecule has 4 rings (SSSR count). The van der Waals surface area contributed by atoms with Crippen molar-refractivity contribution in [1.29, 1.82) is 0 Å². The van der Waals surface area contributed by atoms with Crippen molar-refractivity contribution >= 4 is 27.6 Å². The van der Waals surface area contributed by atoms with Crippen LogP contribution in [0.4, 0.5) is 0 Å². The van der Waals surface area contributed by atoms with Gasteiger partial charge in [-0.25, -0.2) is 18.1 Å². The van der Waals surface area contributed by atoms with Gasteiger partial charge in [-0.3, -0.25) is 9.48 Å². The highest BCUT2D eigenvalue weighted by Gasteiger charge is 2.29. The molecule has 32 heavy (non-hydrogen) atoms. The van der Waals surface area contributed by atoms with E-state index in [-0.39, 0.29) is 11.4 Å². The number of ether oxygens (including phenoxy) is 1. The number of carboxylic acid groups (broad SMARTS) is 1. The van der Waals surface area contributed by atoms with Gasteiger partial charge in [0.25, 0.3) is 0 Å². The van der Waals surface area contributed by atoms with Crippen molar-refractivity contribution in [3.8, 4) is 11.6 Å². The van der Waals surface area contributed by atoms with E-state index in [9.17, 15) is 13.2 Å². The largest absolute Gasteiger partial charge is 0.480 e. The number of aryl methyl sites for hydroxylation is 1. The first-order valence-electron chi connectivity index (χ1n) is 9.92. The topological polar surface area (TPSA) is 123 Å². The summed E-state index contributed by atoms with van der Waals surface area (Å²) in [6.07, 6.45) is 4.75. The molecule has 0 bridgehead atoms. The van der Waals surface area contributed by atoms with Crippen molar-refractivity contribution in [2.45, 2.75) is 43.7 Å². The minimum atomic E-state index is -3.87. The maximum absolute atomic E-state index is 13.0. The lowest BCUT2D eigenvalue weighted by molar-refractivity contribution is -0.137. The molecule has 9 nitrogen and oxygen atoms in total. The van der Waals surface area contributed by atoms with Crippen molar-refractivity contribution in [3.63, 3.8) is 0 Å². The van der Waals surface area contributed by atoms with E-state index in [1.54, 1.807) is 31.2 Å². The summed E-state index contributed by atoms with van der Waals surface area (Å²) in [5, 5.41) is 13.7. The molecule has 2 aromatic heterocycles. The minimum absolute atomic E-state index is 0.0171. The van der Waals surface area contributed by atoms with E-state index in [4.69, 9.17) is 21.4 Å². The van der Waals surface area contributed by atoms with E-state index < -0.39 is 22.0 Å². The second kappa shape index (κ2) is 8.89. The number of aliphatic carboxylic acids is 1. The van der Waals surface area contributed by atoms with Crippen LogP contribution in [0.3, 0.4) is 0 Å². The van der Waals surface area contributed by atoms with Crippen molar-refractivity contribution < 1.29 is 23.1 Å². The van der Waals surface area contributed by atoms with Crippen LogP contribution in [0.5, 0.6) is 11.6 Å². The number of rotatable bonds is 7. The number of pyridine rings is 1. The standard InChI is InChI=1S/C21H21ClN4O5S/c1-13-9-16(10-23-21(13)31-15-7-5-14(22)6-8-15)32(29,30)25-18-3-2-4-19-17(18)11-24-26(19)12-20(27)28/h5-11,18,25H,2-4,12H2,1H3,(H,27,28). The molecule has 0 saturated heterocycles. The average molecular weight is 477 g/mol. The van der Waals surface area contributed by atoms with E-state index in [1.807, 2.05) is 0 Å². The highest BCUT2D eigenvalue weighted by molar-refractivity contribution is 7.89. The Labute approximate surface area is 190 Å². The molecule has 2 heterocycles. The zero-order valence-electron chi connectivity index (χ0n) is 17.2. The van der Waals surface area contributed by atoms with Crippen LogP contribution in [-0.2, 0) is 27.8 Å². The first-order valence-corrected chi connectivity index (χ1v) is 11.8. The van der Waals surface area contributed by atoms with Gasteiger partial charge in [0, 0.05) is 21.8 Å². The molecule has 1 aromatic carbocycles. The Kier molecular flexibility index (Phi) is 6.18. The number of fused-ring (bicyclic) bond motifs is 1. The zero-order chi connectivity index (χ0) is 22.9. The smallest absolute Gasteiger partial charge is 0.325 e. The van der Waals surface area contributed by atoms with Crippen LogP contribution in [0.25, 0.3) is 0 Å². The Morgan fingerprint density at radius 3 is 2.75 bits per heavy atom. The maximum Gasteiger partial charge on any atom is 0.325 e. The van der Waals surface area contributed by atoms with E-state index in [0.717, 1.165) is 12.1 Å². The van der Waals surface area contributed by atoms with Gasteiger partial charge in [0.15, 0.2) is 0 Å². The number of nitrogens with one attached hydrogen (secondary N) is 1. The number of halogens is 1. The van der Waals surface area contributed by atoms with E-state index in [2.05, 4.69) is 14.8 Å². The molecule has 0 fully saturated rings. The highest BCUT2D eigenvalue weighted by Crippen LogP contribution is 2.32. The quantitative estimate of drug-likeness (QED) is 0.535. The summed E-state index contributed by atoms with van der Waals surface area (Å²) in [5.74, 6) is -0.172. The first-order chi connectivity index (χ1) is 15.2. The SMILES string of the molecule is Cc1cc(S(=O)(=O)NC2CCCc3c2cnn3CC(=O)O)cnc1Oc1ccc(Cl)cc1. The van der Waals surface area contributed by atoms with Crippen LogP contribution in [0.15, 0.2) is 47.6 Å². The average Bonchev–Trinajstić information content (AvgIpc) is 3.14. The van der Waals surface area contributed by atoms with Gasteiger partial charge in [-0.1, -0.05) is 11.6 Å². The Hall–Kier alpha value is -2.95. The van der Waals surface area contributed by atoms with Crippen molar-refractivity contribution in [2.75, 3.05) is 0 Å². The highest BCUT2D eigenvalue weighted by atomic mass is 35.5. The molecule has 0 aliphatic heterocycles. The van der Waals surface area contributed by atoms with Crippen LogP contribution in [0.1, 0.15) is 35.7 Å². The van der Waals surface area contributed by atoms with Gasteiger partial charge in [-0.15, -0.1) is 0 Å². The fourth-order valence-corrected chi connectivity index (χ4v) is 5.07. The normalized spacial score (nSPS) is 15.9. The van der Waals surface area contributed by atoms with E-state index in [1.165, 1.54) is 23.1 Å². The molecule has 1 atom stereocenters. The lowest BCUT2D eigenvalue weighted by Crippen LogP contribution is -2.31. The van der Waals surface area contributed by atoms with Crippen molar-refractivity contribution in [2.24, 2.45) is 0 Å². The number of carboxylic acids is 1. The molecule has 168 valence electrons. The van der Waals surface area contributed by atoms with E-state index in [0.29, 0.717) is 40.6 Å². The Morgan fingerprint density at radius 1 is 1.31 bits per heavy atom. The van der Waals surface area contributed by atoms with Crippen LogP contribution >= 0.6 is 11.6 Å². The number of nitrogens with zero attached hydrogens (tertiary/aromatic N) is 3. The van der Waals surface area contributed by atoms with Gasteiger partial charge in [-0.05, 0) is 56.5 Å². The molecule has 1 aliphatic carbocycles. The van der Waals surface area contributed by atoms with Crippen LogP contribution < -0.4 is 9.46 Å².